The monoisotopic (exact) mass is 496 g/mol. The summed E-state index contributed by atoms with van der Waals surface area (Å²) in [6.45, 7) is 8.13. The molecule has 0 radical (unpaired) electrons. The fraction of sp³-hybridized carbons (Fsp3) is 0.500. The van der Waals surface area contributed by atoms with Crippen molar-refractivity contribution in [1.82, 2.24) is 9.80 Å². The number of likely N-dealkylation sites (N-methyl/N-ethyl adjacent to an activating group) is 1. The van der Waals surface area contributed by atoms with Crippen molar-refractivity contribution in [2.24, 2.45) is 17.8 Å². The van der Waals surface area contributed by atoms with Gasteiger partial charge in [0.2, 0.25) is 5.91 Å². The van der Waals surface area contributed by atoms with Crippen molar-refractivity contribution in [1.29, 1.82) is 0 Å². The Morgan fingerprint density at radius 1 is 1.00 bits per heavy atom. The first-order chi connectivity index (χ1) is 15.6. The third kappa shape index (κ3) is 4.70. The Morgan fingerprint density at radius 3 is 2.24 bits per heavy atom. The molecule has 2 aromatic rings. The summed E-state index contributed by atoms with van der Waals surface area (Å²) in [5.74, 6) is -3.23. The van der Waals surface area contributed by atoms with Crippen molar-refractivity contribution >= 4 is 18.3 Å². The molecule has 2 aromatic carbocycles. The molecule has 0 aliphatic carbocycles. The molecule has 0 spiro atoms. The molecular weight excluding hydrogens is 465 g/mol. The number of piperidine rings is 1. The molecule has 34 heavy (non-hydrogen) atoms. The number of hydrogen-bond acceptors (Lipinski definition) is 3. The summed E-state index contributed by atoms with van der Waals surface area (Å²) in [4.78, 5) is 17.5. The summed E-state index contributed by atoms with van der Waals surface area (Å²) in [7, 11) is 0. The van der Waals surface area contributed by atoms with Crippen LogP contribution in [0.2, 0.25) is 0 Å². The minimum Gasteiger partial charge on any atom is -0.384 e. The highest BCUT2D eigenvalue weighted by Crippen LogP contribution is 2.43. The third-order valence-corrected chi connectivity index (χ3v) is 7.61. The molecule has 4 nitrogen and oxygen atoms in total. The van der Waals surface area contributed by atoms with E-state index in [0.29, 0.717) is 37.3 Å². The Hall–Kier alpha value is -2.09. The molecule has 2 fully saturated rings. The number of nitrogens with zero attached hydrogens (tertiary/aromatic N) is 2. The number of halogens is 4. The van der Waals surface area contributed by atoms with Crippen molar-refractivity contribution in [3.05, 3.63) is 71.0 Å². The number of hydrogen-bond donors (Lipinski definition) is 1. The average Bonchev–Trinajstić information content (AvgIpc) is 3.20. The van der Waals surface area contributed by atoms with E-state index in [1.807, 2.05) is 20.8 Å². The zero-order valence-electron chi connectivity index (χ0n) is 19.7. The van der Waals surface area contributed by atoms with Crippen LogP contribution in [-0.2, 0) is 10.4 Å². The van der Waals surface area contributed by atoms with Crippen molar-refractivity contribution < 1.29 is 23.1 Å². The van der Waals surface area contributed by atoms with Gasteiger partial charge in [0.15, 0.2) is 0 Å². The van der Waals surface area contributed by atoms with Crippen LogP contribution in [0.1, 0.15) is 37.8 Å². The standard InChI is InChI=1S/C26H31F3N2O2.ClH/c1-4-30-14-22(21-9-8-20(28)11-24(21)29)23(15-30)25(32)31-12-16(2)26(33,17(3)13-31)18-6-5-7-19(27)10-18;/h5-11,16-17,22-23,33H,4,12-15H2,1-3H3;1H/t16-,17+,22-,23+,26?;/m0./s1. The number of aliphatic hydroxyl groups is 1. The van der Waals surface area contributed by atoms with E-state index in [4.69, 9.17) is 0 Å². The van der Waals surface area contributed by atoms with Crippen LogP contribution in [-0.4, -0.2) is 53.5 Å². The van der Waals surface area contributed by atoms with Crippen LogP contribution in [0.15, 0.2) is 42.5 Å². The van der Waals surface area contributed by atoms with Gasteiger partial charge >= 0.3 is 0 Å². The summed E-state index contributed by atoms with van der Waals surface area (Å²) in [6, 6.07) is 9.55. The van der Waals surface area contributed by atoms with E-state index in [1.165, 1.54) is 24.3 Å². The van der Waals surface area contributed by atoms with Gasteiger partial charge in [-0.25, -0.2) is 13.2 Å². The highest BCUT2D eigenvalue weighted by atomic mass is 35.5. The molecule has 1 amide bonds. The van der Waals surface area contributed by atoms with Gasteiger partial charge in [-0.2, -0.15) is 0 Å². The summed E-state index contributed by atoms with van der Waals surface area (Å²) < 4.78 is 41.9. The first-order valence-corrected chi connectivity index (χ1v) is 11.6. The Morgan fingerprint density at radius 2 is 1.65 bits per heavy atom. The predicted octanol–water partition coefficient (Wildman–Crippen LogP) is 4.56. The lowest BCUT2D eigenvalue weighted by Crippen LogP contribution is -2.57. The topological polar surface area (TPSA) is 43.8 Å². The minimum atomic E-state index is -1.26. The van der Waals surface area contributed by atoms with E-state index in [9.17, 15) is 23.1 Å². The third-order valence-electron chi connectivity index (χ3n) is 7.61. The molecule has 2 aliphatic rings. The summed E-state index contributed by atoms with van der Waals surface area (Å²) in [5.41, 5.74) is -0.383. The maximum atomic E-state index is 14.6. The van der Waals surface area contributed by atoms with E-state index in [-0.39, 0.29) is 36.1 Å². The predicted molar refractivity (Wildman–Crippen MR) is 127 cm³/mol. The summed E-state index contributed by atoms with van der Waals surface area (Å²) in [6.07, 6.45) is 0. The second-order valence-electron chi connectivity index (χ2n) is 9.61. The maximum Gasteiger partial charge on any atom is 0.227 e. The number of rotatable bonds is 4. The zero-order chi connectivity index (χ0) is 23.9. The van der Waals surface area contributed by atoms with Crippen LogP contribution < -0.4 is 0 Å². The van der Waals surface area contributed by atoms with E-state index in [1.54, 1.807) is 17.0 Å². The van der Waals surface area contributed by atoms with Gasteiger partial charge in [-0.1, -0.05) is 39.0 Å². The van der Waals surface area contributed by atoms with E-state index >= 15 is 0 Å². The molecule has 1 N–H and O–H groups in total. The molecule has 0 saturated carbocycles. The molecule has 186 valence electrons. The van der Waals surface area contributed by atoms with Crippen LogP contribution in [0.25, 0.3) is 0 Å². The molecule has 4 rings (SSSR count). The number of carbonyl (C=O) groups is 1. The molecule has 2 heterocycles. The van der Waals surface area contributed by atoms with E-state index < -0.39 is 29.0 Å². The van der Waals surface area contributed by atoms with Crippen LogP contribution in [0.4, 0.5) is 13.2 Å². The number of benzene rings is 2. The van der Waals surface area contributed by atoms with Gasteiger partial charge in [0.1, 0.15) is 17.5 Å². The fourth-order valence-electron chi connectivity index (χ4n) is 5.73. The van der Waals surface area contributed by atoms with Crippen LogP contribution in [0.3, 0.4) is 0 Å². The minimum absolute atomic E-state index is 0. The van der Waals surface area contributed by atoms with E-state index in [2.05, 4.69) is 4.90 Å². The van der Waals surface area contributed by atoms with Gasteiger partial charge in [-0.3, -0.25) is 4.79 Å². The lowest BCUT2D eigenvalue weighted by Gasteiger charge is -2.48. The van der Waals surface area contributed by atoms with Crippen molar-refractivity contribution in [2.75, 3.05) is 32.7 Å². The van der Waals surface area contributed by atoms with Gasteiger partial charge in [0.25, 0.3) is 0 Å². The second-order valence-corrected chi connectivity index (χ2v) is 9.61. The van der Waals surface area contributed by atoms with Crippen LogP contribution in [0.5, 0.6) is 0 Å². The SMILES string of the molecule is CCN1C[C@@H](C(=O)N2C[C@@H](C)C(O)(c3cccc(F)c3)[C@@H](C)C2)[C@H](c2ccc(F)cc2F)C1.Cl. The van der Waals surface area contributed by atoms with Gasteiger partial charge in [-0.15, -0.1) is 12.4 Å². The largest absolute Gasteiger partial charge is 0.384 e. The summed E-state index contributed by atoms with van der Waals surface area (Å²) in [5, 5.41) is 11.5. The lowest BCUT2D eigenvalue weighted by atomic mass is 9.70. The Kier molecular flexibility index (Phi) is 8.00. The van der Waals surface area contributed by atoms with Crippen molar-refractivity contribution in [3.63, 3.8) is 0 Å². The molecular formula is C26H32ClF3N2O2. The summed E-state index contributed by atoms with van der Waals surface area (Å²) >= 11 is 0. The molecule has 0 aromatic heterocycles. The average molecular weight is 497 g/mol. The molecule has 5 atom stereocenters. The maximum absolute atomic E-state index is 14.6. The first-order valence-electron chi connectivity index (χ1n) is 11.6. The second kappa shape index (κ2) is 10.3. The van der Waals surface area contributed by atoms with Crippen LogP contribution in [0, 0.1) is 35.2 Å². The molecule has 2 aliphatic heterocycles. The lowest BCUT2D eigenvalue weighted by molar-refractivity contribution is -0.152. The molecule has 8 heteroatoms. The fourth-order valence-corrected chi connectivity index (χ4v) is 5.73. The highest BCUT2D eigenvalue weighted by molar-refractivity contribution is 5.85. The van der Waals surface area contributed by atoms with E-state index in [0.717, 1.165) is 12.6 Å². The highest BCUT2D eigenvalue weighted by Gasteiger charge is 2.49. The molecule has 0 bridgehead atoms. The van der Waals surface area contributed by atoms with Gasteiger partial charge in [0.05, 0.1) is 11.5 Å². The Labute approximate surface area is 205 Å². The smallest absolute Gasteiger partial charge is 0.227 e. The number of carbonyl (C=O) groups excluding carboxylic acids is 1. The van der Waals surface area contributed by atoms with Gasteiger partial charge in [-0.05, 0) is 35.9 Å². The molecule has 2 saturated heterocycles. The van der Waals surface area contributed by atoms with Gasteiger partial charge < -0.3 is 14.9 Å². The first kappa shape index (κ1) is 26.5. The normalized spacial score (nSPS) is 29.7. The number of likely N-dealkylation sites (tertiary alicyclic amines) is 2. The number of amides is 1. The Bertz CT molecular complexity index is 1020. The molecule has 1 unspecified atom stereocenters. The van der Waals surface area contributed by atoms with Crippen molar-refractivity contribution in [3.8, 4) is 0 Å². The zero-order valence-corrected chi connectivity index (χ0v) is 20.5. The van der Waals surface area contributed by atoms with Gasteiger partial charge in [0, 0.05) is 50.0 Å². The quantitative estimate of drug-likeness (QED) is 0.674. The van der Waals surface area contributed by atoms with Crippen molar-refractivity contribution in [2.45, 2.75) is 32.3 Å². The van der Waals surface area contributed by atoms with Crippen LogP contribution >= 0.6 is 12.4 Å². The Balaban J connectivity index is 0.00000324.